The molecule has 0 radical (unpaired) electrons. The summed E-state index contributed by atoms with van der Waals surface area (Å²) < 4.78 is 32.7. The zero-order chi connectivity index (χ0) is 16.3. The van der Waals surface area contributed by atoms with Gasteiger partial charge in [-0.25, -0.2) is 13.6 Å². The number of nitrogens with one attached hydrogen (secondary N) is 1. The third kappa shape index (κ3) is 4.16. The molecular weight excluding hydrogens is 358 g/mol. The van der Waals surface area contributed by atoms with Crippen molar-refractivity contribution in [1.82, 2.24) is 4.90 Å². The molecule has 1 atom stereocenters. The largest absolute Gasteiger partial charge is 0.377 e. The minimum atomic E-state index is -0.685. The van der Waals surface area contributed by atoms with Crippen LogP contribution in [0, 0.1) is 17.6 Å². The molecule has 0 aliphatic carbocycles. The molecule has 0 aromatic heterocycles. The lowest BCUT2D eigenvalue weighted by Gasteiger charge is -2.36. The molecule has 2 amide bonds. The summed E-state index contributed by atoms with van der Waals surface area (Å²) in [6.45, 7) is 5.47. The second-order valence-electron chi connectivity index (χ2n) is 5.73. The molecule has 22 heavy (non-hydrogen) atoms. The number of carbonyl (C=O) groups excluding carboxylic acids is 1. The molecule has 1 aromatic carbocycles. The van der Waals surface area contributed by atoms with Crippen molar-refractivity contribution in [1.29, 1.82) is 0 Å². The van der Waals surface area contributed by atoms with Gasteiger partial charge in [0.1, 0.15) is 11.6 Å². The molecule has 2 rings (SSSR count). The third-order valence-corrected chi connectivity index (χ3v) is 4.09. The Morgan fingerprint density at radius 3 is 2.86 bits per heavy atom. The SMILES string of the molecule is CC(C)C[C@@H]1COCCN1C(=O)Nc1cc(F)c(Br)cc1F. The fraction of sp³-hybridized carbons (Fsp3) is 0.533. The summed E-state index contributed by atoms with van der Waals surface area (Å²) in [6, 6.07) is 1.47. The van der Waals surface area contributed by atoms with Crippen LogP contribution in [0.25, 0.3) is 0 Å². The van der Waals surface area contributed by atoms with E-state index in [1.807, 2.05) is 0 Å². The Morgan fingerprint density at radius 1 is 1.45 bits per heavy atom. The van der Waals surface area contributed by atoms with Gasteiger partial charge in [-0.3, -0.25) is 0 Å². The van der Waals surface area contributed by atoms with Gasteiger partial charge in [0.15, 0.2) is 0 Å². The average molecular weight is 377 g/mol. The number of urea groups is 1. The highest BCUT2D eigenvalue weighted by atomic mass is 79.9. The summed E-state index contributed by atoms with van der Waals surface area (Å²) >= 11 is 2.91. The highest BCUT2D eigenvalue weighted by molar-refractivity contribution is 9.10. The van der Waals surface area contributed by atoms with Crippen molar-refractivity contribution in [3.63, 3.8) is 0 Å². The normalized spacial score (nSPS) is 18.6. The third-order valence-electron chi connectivity index (χ3n) is 3.48. The van der Waals surface area contributed by atoms with Crippen LogP contribution in [0.4, 0.5) is 19.3 Å². The number of nitrogens with zero attached hydrogens (tertiary/aromatic N) is 1. The van der Waals surface area contributed by atoms with Gasteiger partial charge in [0.2, 0.25) is 0 Å². The van der Waals surface area contributed by atoms with Crippen molar-refractivity contribution < 1.29 is 18.3 Å². The highest BCUT2D eigenvalue weighted by Gasteiger charge is 2.28. The van der Waals surface area contributed by atoms with Crippen LogP contribution in [0.5, 0.6) is 0 Å². The van der Waals surface area contributed by atoms with Crippen LogP contribution in [0.3, 0.4) is 0 Å². The molecule has 0 saturated carbocycles. The molecule has 0 spiro atoms. The van der Waals surface area contributed by atoms with Crippen molar-refractivity contribution in [2.75, 3.05) is 25.1 Å². The van der Waals surface area contributed by atoms with Gasteiger partial charge >= 0.3 is 6.03 Å². The number of halogens is 3. The van der Waals surface area contributed by atoms with Gasteiger partial charge in [-0.1, -0.05) is 13.8 Å². The molecule has 0 bridgehead atoms. The summed E-state index contributed by atoms with van der Waals surface area (Å²) in [5.74, 6) is -0.906. The first-order valence-corrected chi connectivity index (χ1v) is 7.97. The fourth-order valence-corrected chi connectivity index (χ4v) is 2.78. The number of carbonyl (C=O) groups is 1. The van der Waals surface area contributed by atoms with Crippen LogP contribution in [0.1, 0.15) is 20.3 Å². The van der Waals surface area contributed by atoms with Gasteiger partial charge < -0.3 is 15.0 Å². The van der Waals surface area contributed by atoms with Gasteiger partial charge in [-0.2, -0.15) is 0 Å². The Labute approximate surface area is 136 Å². The van der Waals surface area contributed by atoms with E-state index < -0.39 is 17.7 Å². The number of benzene rings is 1. The first kappa shape index (κ1) is 17.1. The summed E-state index contributed by atoms with van der Waals surface area (Å²) in [7, 11) is 0. The van der Waals surface area contributed by atoms with Crippen molar-refractivity contribution in [2.24, 2.45) is 5.92 Å². The minimum Gasteiger partial charge on any atom is -0.377 e. The van der Waals surface area contributed by atoms with E-state index in [2.05, 4.69) is 35.1 Å². The smallest absolute Gasteiger partial charge is 0.322 e. The van der Waals surface area contributed by atoms with Crippen LogP contribution >= 0.6 is 15.9 Å². The first-order valence-electron chi connectivity index (χ1n) is 7.18. The van der Waals surface area contributed by atoms with Crippen molar-refractivity contribution in [3.8, 4) is 0 Å². The van der Waals surface area contributed by atoms with E-state index in [1.165, 1.54) is 0 Å². The van der Waals surface area contributed by atoms with E-state index in [1.54, 1.807) is 4.90 Å². The number of amides is 2. The molecule has 1 heterocycles. The first-order chi connectivity index (χ1) is 10.4. The number of ether oxygens (including phenoxy) is 1. The summed E-state index contributed by atoms with van der Waals surface area (Å²) in [5, 5.41) is 2.45. The van der Waals surface area contributed by atoms with Gasteiger partial charge in [-0.15, -0.1) is 0 Å². The molecule has 4 nitrogen and oxygen atoms in total. The van der Waals surface area contributed by atoms with Crippen LogP contribution in [-0.2, 0) is 4.74 Å². The predicted octanol–water partition coefficient (Wildman–Crippen LogP) is 4.01. The molecule has 1 fully saturated rings. The monoisotopic (exact) mass is 376 g/mol. The number of morpholine rings is 1. The molecular formula is C15H19BrF2N2O2. The Balaban J connectivity index is 2.11. The Hall–Kier alpha value is -1.21. The molecule has 1 aliphatic heterocycles. The molecule has 1 saturated heterocycles. The molecule has 1 N–H and O–H groups in total. The maximum atomic E-state index is 13.8. The van der Waals surface area contributed by atoms with E-state index in [-0.39, 0.29) is 16.2 Å². The number of hydrogen-bond acceptors (Lipinski definition) is 2. The van der Waals surface area contributed by atoms with Gasteiger partial charge in [0, 0.05) is 12.6 Å². The van der Waals surface area contributed by atoms with Crippen molar-refractivity contribution in [3.05, 3.63) is 28.2 Å². The molecule has 1 aromatic rings. The molecule has 122 valence electrons. The average Bonchev–Trinajstić information content (AvgIpc) is 2.44. The highest BCUT2D eigenvalue weighted by Crippen LogP contribution is 2.24. The number of hydrogen-bond donors (Lipinski definition) is 1. The number of anilines is 1. The van der Waals surface area contributed by atoms with E-state index in [9.17, 15) is 13.6 Å². The van der Waals surface area contributed by atoms with Crippen molar-refractivity contribution in [2.45, 2.75) is 26.3 Å². The van der Waals surface area contributed by atoms with E-state index in [0.29, 0.717) is 25.7 Å². The summed E-state index contributed by atoms with van der Waals surface area (Å²) in [5.41, 5.74) is -0.166. The molecule has 1 aliphatic rings. The quantitative estimate of drug-likeness (QED) is 0.809. The maximum Gasteiger partial charge on any atom is 0.322 e. The molecule has 0 unspecified atom stereocenters. The zero-order valence-electron chi connectivity index (χ0n) is 12.5. The van der Waals surface area contributed by atoms with Crippen molar-refractivity contribution >= 4 is 27.6 Å². The van der Waals surface area contributed by atoms with Gasteiger partial charge in [-0.05, 0) is 34.3 Å². The summed E-state index contributed by atoms with van der Waals surface area (Å²) in [4.78, 5) is 14.0. The standard InChI is InChI=1S/C15H19BrF2N2O2/c1-9(2)5-10-8-22-4-3-20(10)15(21)19-14-7-12(17)11(16)6-13(14)18/h6-7,9-10H,3-5,8H2,1-2H3,(H,19,21)/t10-/m1/s1. The lowest BCUT2D eigenvalue weighted by molar-refractivity contribution is 0.00856. The van der Waals surface area contributed by atoms with Crippen LogP contribution in [-0.4, -0.2) is 36.7 Å². The lowest BCUT2D eigenvalue weighted by atomic mass is 10.0. The molecule has 7 heteroatoms. The Kier molecular flexibility index (Phi) is 5.74. The van der Waals surface area contributed by atoms with Gasteiger partial charge in [0.25, 0.3) is 0 Å². The Bertz CT molecular complexity index is 555. The maximum absolute atomic E-state index is 13.8. The Morgan fingerprint density at radius 2 is 2.18 bits per heavy atom. The van der Waals surface area contributed by atoms with Crippen LogP contribution in [0.2, 0.25) is 0 Å². The second-order valence-corrected chi connectivity index (χ2v) is 6.58. The van der Waals surface area contributed by atoms with Crippen LogP contribution in [0.15, 0.2) is 16.6 Å². The minimum absolute atomic E-state index is 0.0204. The zero-order valence-corrected chi connectivity index (χ0v) is 14.1. The van der Waals surface area contributed by atoms with Crippen LogP contribution < -0.4 is 5.32 Å². The second kappa shape index (κ2) is 7.37. The van der Waals surface area contributed by atoms with Gasteiger partial charge in [0.05, 0.1) is 29.4 Å². The predicted molar refractivity (Wildman–Crippen MR) is 83.8 cm³/mol. The fourth-order valence-electron chi connectivity index (χ4n) is 2.47. The summed E-state index contributed by atoms with van der Waals surface area (Å²) in [6.07, 6.45) is 0.796. The number of rotatable bonds is 3. The topological polar surface area (TPSA) is 41.6 Å². The van der Waals surface area contributed by atoms with E-state index in [4.69, 9.17) is 4.74 Å². The van der Waals surface area contributed by atoms with E-state index in [0.717, 1.165) is 18.6 Å². The lowest BCUT2D eigenvalue weighted by Crippen LogP contribution is -2.50. The van der Waals surface area contributed by atoms with E-state index >= 15 is 0 Å².